The predicted octanol–water partition coefficient (Wildman–Crippen LogP) is 4.60. The summed E-state index contributed by atoms with van der Waals surface area (Å²) in [5.41, 5.74) is 1.36. The van der Waals surface area contributed by atoms with Crippen LogP contribution >= 0.6 is 0 Å². The lowest BCUT2D eigenvalue weighted by atomic mass is 9.94. The Hall–Kier alpha value is -3.89. The molecule has 0 spiro atoms. The normalized spacial score (nSPS) is 21.6. The van der Waals surface area contributed by atoms with Gasteiger partial charge in [0, 0.05) is 49.8 Å². The van der Waals surface area contributed by atoms with E-state index in [0.717, 1.165) is 30.9 Å². The van der Waals surface area contributed by atoms with Crippen LogP contribution in [-0.2, 0) is 22.4 Å². The molecule has 2 aromatic carbocycles. The van der Waals surface area contributed by atoms with Gasteiger partial charge in [-0.25, -0.2) is 13.8 Å². The molecule has 246 valence electrons. The third-order valence-electron chi connectivity index (χ3n) is 9.06. The molecule has 2 aliphatic heterocycles. The Kier molecular flexibility index (Phi) is 11.7. The van der Waals surface area contributed by atoms with E-state index in [4.69, 9.17) is 4.74 Å². The molecule has 10 heteroatoms. The van der Waals surface area contributed by atoms with Crippen molar-refractivity contribution in [2.45, 2.75) is 88.6 Å². The number of halogens is 2. The van der Waals surface area contributed by atoms with Gasteiger partial charge in [-0.2, -0.15) is 0 Å². The van der Waals surface area contributed by atoms with Crippen molar-refractivity contribution in [2.75, 3.05) is 13.1 Å². The Labute approximate surface area is 269 Å². The maximum absolute atomic E-state index is 14.2. The number of aromatic nitrogens is 1. The molecule has 5 rings (SSSR count). The molecule has 2 amide bonds. The molecule has 2 saturated heterocycles. The zero-order chi connectivity index (χ0) is 32.5. The van der Waals surface area contributed by atoms with E-state index in [1.807, 2.05) is 36.4 Å². The van der Waals surface area contributed by atoms with Crippen LogP contribution in [0.25, 0.3) is 0 Å². The number of aliphatic hydroxyl groups is 1. The van der Waals surface area contributed by atoms with E-state index in [1.54, 1.807) is 23.2 Å². The molecule has 2 aliphatic rings. The number of rotatable bonds is 15. The number of ether oxygens (including phenoxy) is 1. The van der Waals surface area contributed by atoms with Crippen LogP contribution in [0.15, 0.2) is 72.9 Å². The number of carbonyl (C=O) groups excluding carboxylic acids is 2. The fourth-order valence-electron chi connectivity index (χ4n) is 6.64. The summed E-state index contributed by atoms with van der Waals surface area (Å²) >= 11 is 0. The first-order valence-corrected chi connectivity index (χ1v) is 16.4. The molecule has 46 heavy (non-hydrogen) atoms. The van der Waals surface area contributed by atoms with Crippen molar-refractivity contribution >= 4 is 11.8 Å². The number of nitrogens with zero attached hydrogens (tertiary/aromatic N) is 2. The summed E-state index contributed by atoms with van der Waals surface area (Å²) in [7, 11) is 0. The lowest BCUT2D eigenvalue weighted by Gasteiger charge is -2.33. The van der Waals surface area contributed by atoms with Gasteiger partial charge in [0.1, 0.15) is 23.8 Å². The summed E-state index contributed by atoms with van der Waals surface area (Å²) in [6.07, 6.45) is 5.10. The molecule has 8 nitrogen and oxygen atoms in total. The first-order chi connectivity index (χ1) is 22.3. The van der Waals surface area contributed by atoms with Gasteiger partial charge in [-0.3, -0.25) is 9.59 Å². The molecule has 3 heterocycles. The molecule has 3 aromatic rings. The highest BCUT2D eigenvalue weighted by molar-refractivity contribution is 5.89. The van der Waals surface area contributed by atoms with E-state index >= 15 is 0 Å². The number of pyridine rings is 1. The summed E-state index contributed by atoms with van der Waals surface area (Å²) in [5.74, 6) is -1.52. The Morgan fingerprint density at radius 3 is 2.59 bits per heavy atom. The minimum absolute atomic E-state index is 0.00991. The third-order valence-corrected chi connectivity index (χ3v) is 9.06. The van der Waals surface area contributed by atoms with Crippen LogP contribution in [0.5, 0.6) is 5.88 Å². The van der Waals surface area contributed by atoms with Gasteiger partial charge < -0.3 is 25.4 Å². The quantitative estimate of drug-likeness (QED) is 0.226. The van der Waals surface area contributed by atoms with Gasteiger partial charge in [0.15, 0.2) is 0 Å². The first kappa shape index (κ1) is 33.5. The van der Waals surface area contributed by atoms with Crippen molar-refractivity contribution in [1.29, 1.82) is 0 Å². The van der Waals surface area contributed by atoms with Gasteiger partial charge in [0.25, 0.3) is 0 Å². The van der Waals surface area contributed by atoms with E-state index in [1.165, 1.54) is 12.1 Å². The van der Waals surface area contributed by atoms with Gasteiger partial charge >= 0.3 is 0 Å². The molecule has 2 fully saturated rings. The van der Waals surface area contributed by atoms with Crippen molar-refractivity contribution in [3.05, 3.63) is 95.7 Å². The van der Waals surface area contributed by atoms with E-state index < -0.39 is 35.9 Å². The maximum atomic E-state index is 14.2. The molecule has 1 aromatic heterocycles. The average molecular weight is 635 g/mol. The number of carbonyl (C=O) groups is 2. The van der Waals surface area contributed by atoms with Gasteiger partial charge in [0.2, 0.25) is 17.7 Å². The fraction of sp³-hybridized carbons (Fsp3) is 0.472. The van der Waals surface area contributed by atoms with Crippen LogP contribution in [0.3, 0.4) is 0 Å². The summed E-state index contributed by atoms with van der Waals surface area (Å²) < 4.78 is 34.4. The fourth-order valence-corrected chi connectivity index (χ4v) is 6.64. The zero-order valence-corrected chi connectivity index (χ0v) is 26.3. The summed E-state index contributed by atoms with van der Waals surface area (Å²) in [5, 5.41) is 18.0. The standard InChI is InChI=1S/C36H44F2N4O4/c1-2-3-11-26-15-17-42(36(26)45)32(14-13-24-9-5-4-6-10-24)35(44)41-31(20-25-18-27(37)21-28(38)19-25)34(43)30-22-29(23-40-30)46-33-12-7-8-16-39-33/h4-10,12,16,18-19,21,26,29-32,34,40,43H,2-3,11,13-15,17,20,22-23H2,1H3,(H,41,44)/t26-,29+,30+,31-,32-,34+/m0/s1. The van der Waals surface area contributed by atoms with E-state index in [-0.39, 0.29) is 30.3 Å². The van der Waals surface area contributed by atoms with Gasteiger partial charge in [-0.05, 0) is 61.4 Å². The molecular formula is C36H44F2N4O4. The Balaban J connectivity index is 1.35. The minimum atomic E-state index is -1.12. The van der Waals surface area contributed by atoms with E-state index in [2.05, 4.69) is 22.5 Å². The van der Waals surface area contributed by atoms with E-state index in [9.17, 15) is 23.5 Å². The lowest BCUT2D eigenvalue weighted by Crippen LogP contribution is -2.57. The lowest BCUT2D eigenvalue weighted by molar-refractivity contribution is -0.140. The summed E-state index contributed by atoms with van der Waals surface area (Å²) in [6, 6.07) is 16.3. The molecule has 0 unspecified atom stereocenters. The summed E-state index contributed by atoms with van der Waals surface area (Å²) in [4.78, 5) is 33.6. The third kappa shape index (κ3) is 8.88. The molecule has 3 N–H and O–H groups in total. The Bertz CT molecular complexity index is 1410. The van der Waals surface area contributed by atoms with Crippen LogP contribution in [0.1, 0.15) is 56.6 Å². The number of nitrogens with one attached hydrogen (secondary N) is 2. The monoisotopic (exact) mass is 634 g/mol. The number of likely N-dealkylation sites (tertiary alicyclic amines) is 1. The van der Waals surface area contributed by atoms with Crippen molar-refractivity contribution < 1.29 is 28.2 Å². The summed E-state index contributed by atoms with van der Waals surface area (Å²) in [6.45, 7) is 3.03. The topological polar surface area (TPSA) is 104 Å². The van der Waals surface area contributed by atoms with Crippen molar-refractivity contribution in [2.24, 2.45) is 5.92 Å². The smallest absolute Gasteiger partial charge is 0.243 e. The highest BCUT2D eigenvalue weighted by Gasteiger charge is 2.41. The Morgan fingerprint density at radius 2 is 1.87 bits per heavy atom. The second-order valence-electron chi connectivity index (χ2n) is 12.4. The van der Waals surface area contributed by atoms with Crippen LogP contribution in [0.4, 0.5) is 8.78 Å². The number of unbranched alkanes of at least 4 members (excludes halogenated alkanes) is 1. The van der Waals surface area contributed by atoms with E-state index in [0.29, 0.717) is 50.2 Å². The molecular weight excluding hydrogens is 590 g/mol. The number of aliphatic hydroxyl groups excluding tert-OH is 1. The molecule has 0 radical (unpaired) electrons. The minimum Gasteiger partial charge on any atom is -0.473 e. The van der Waals surface area contributed by atoms with Crippen molar-refractivity contribution in [3.63, 3.8) is 0 Å². The first-order valence-electron chi connectivity index (χ1n) is 16.4. The van der Waals surface area contributed by atoms with Crippen molar-refractivity contribution in [3.8, 4) is 5.88 Å². The number of amides is 2. The molecule has 0 saturated carbocycles. The zero-order valence-electron chi connectivity index (χ0n) is 26.3. The number of benzene rings is 2. The van der Waals surface area contributed by atoms with Crippen molar-refractivity contribution in [1.82, 2.24) is 20.5 Å². The van der Waals surface area contributed by atoms with Crippen LogP contribution in [-0.4, -0.2) is 70.2 Å². The number of hydrogen-bond acceptors (Lipinski definition) is 6. The second-order valence-corrected chi connectivity index (χ2v) is 12.4. The maximum Gasteiger partial charge on any atom is 0.243 e. The number of hydrogen-bond donors (Lipinski definition) is 3. The van der Waals surface area contributed by atoms with Crippen LogP contribution < -0.4 is 15.4 Å². The van der Waals surface area contributed by atoms with Crippen LogP contribution in [0, 0.1) is 17.6 Å². The highest BCUT2D eigenvalue weighted by Crippen LogP contribution is 2.27. The average Bonchev–Trinajstić information content (AvgIpc) is 3.66. The second kappa shape index (κ2) is 16.1. The number of aryl methyl sites for hydroxylation is 1. The molecule has 0 bridgehead atoms. The van der Waals surface area contributed by atoms with Crippen LogP contribution in [0.2, 0.25) is 0 Å². The molecule has 6 atom stereocenters. The SMILES string of the molecule is CCCC[C@H]1CCN([C@@H](CCc2ccccc2)C(=O)N[C@@H](Cc2cc(F)cc(F)c2)[C@H](O)[C@H]2C[C@@H](Oc3ccccn3)CN2)C1=O. The Morgan fingerprint density at radius 1 is 1.11 bits per heavy atom. The molecule has 0 aliphatic carbocycles. The van der Waals surface area contributed by atoms with Gasteiger partial charge in [-0.1, -0.05) is 56.2 Å². The largest absolute Gasteiger partial charge is 0.473 e. The highest BCUT2D eigenvalue weighted by atomic mass is 19.1. The van der Waals surface area contributed by atoms with Gasteiger partial charge in [0.05, 0.1) is 12.1 Å². The van der Waals surface area contributed by atoms with Gasteiger partial charge in [-0.15, -0.1) is 0 Å². The predicted molar refractivity (Wildman–Crippen MR) is 171 cm³/mol.